The predicted octanol–water partition coefficient (Wildman–Crippen LogP) is 30.5. The van der Waals surface area contributed by atoms with E-state index in [0.29, 0.717) is 0 Å². The normalized spacial score (nSPS) is 13.7. The van der Waals surface area contributed by atoms with Gasteiger partial charge in [-0.2, -0.15) is 0 Å². The fourth-order valence-corrected chi connectivity index (χ4v) is 38.4. The van der Waals surface area contributed by atoms with Gasteiger partial charge in [0.25, 0.3) is 0 Å². The van der Waals surface area contributed by atoms with E-state index in [1.165, 1.54) is 382 Å². The van der Waals surface area contributed by atoms with Crippen molar-refractivity contribution in [3.63, 3.8) is 0 Å². The zero-order valence-electron chi connectivity index (χ0n) is 56.9. The third-order valence-corrected chi connectivity index (χ3v) is 48.8. The molecule has 6 heteroatoms. The molecule has 0 fully saturated rings. The standard InChI is InChI=1S/3C24H52BrP/c3*1-5-9-13-17-21-26(25,22-18-14-10-6-2,23-19-15-11-7-3)24-20-16-12-8-4/h3*5-24H2,1-4H3. The van der Waals surface area contributed by atoms with Gasteiger partial charge in [-0.25, -0.2) is 0 Å². The van der Waals surface area contributed by atoms with Crippen LogP contribution in [0.2, 0.25) is 0 Å². The van der Waals surface area contributed by atoms with E-state index in [1.807, 2.05) is 0 Å². The molecule has 0 aliphatic carbocycles. The molecule has 78 heavy (non-hydrogen) atoms. The number of halogens is 3. The maximum absolute atomic E-state index is 4.63. The van der Waals surface area contributed by atoms with Crippen LogP contribution in [0.25, 0.3) is 0 Å². The van der Waals surface area contributed by atoms with Crippen LogP contribution in [0.15, 0.2) is 0 Å². The molecule has 0 saturated carbocycles. The molecule has 0 aliphatic rings. The quantitative estimate of drug-likeness (QED) is 0.0421. The Bertz CT molecular complexity index is 872. The summed E-state index contributed by atoms with van der Waals surface area (Å²) in [5.41, 5.74) is 0. The average molecular weight is 1350 g/mol. The Kier molecular flexibility index (Phi) is 62.6. The predicted molar refractivity (Wildman–Crippen MR) is 396 cm³/mol. The first-order valence-corrected chi connectivity index (χ1v) is 51.8. The summed E-state index contributed by atoms with van der Waals surface area (Å²) in [4.78, 5) is 0. The molecule has 0 nitrogen and oxygen atoms in total. The van der Waals surface area contributed by atoms with Crippen molar-refractivity contribution < 1.29 is 0 Å². The van der Waals surface area contributed by atoms with Gasteiger partial charge in [0.2, 0.25) is 0 Å². The molecule has 0 aliphatic heterocycles. The van der Waals surface area contributed by atoms with Gasteiger partial charge >= 0.3 is 528 Å². The summed E-state index contributed by atoms with van der Waals surface area (Å²) in [7, 11) is 0. The monoisotopic (exact) mass is 1350 g/mol. The van der Waals surface area contributed by atoms with E-state index in [4.69, 9.17) is 0 Å². The molecular formula is C72H156Br3P3. The molecule has 0 radical (unpaired) electrons. The van der Waals surface area contributed by atoms with Crippen LogP contribution < -0.4 is 0 Å². The van der Waals surface area contributed by atoms with Gasteiger partial charge < -0.3 is 0 Å². The average Bonchev–Trinajstić information content (AvgIpc) is 3.43. The van der Waals surface area contributed by atoms with Crippen molar-refractivity contribution in [3.8, 4) is 0 Å². The van der Waals surface area contributed by atoms with Gasteiger partial charge in [-0.3, -0.25) is 0 Å². The summed E-state index contributed by atoms with van der Waals surface area (Å²) in [6.07, 6.45) is 87.2. The molecule has 0 heterocycles. The van der Waals surface area contributed by atoms with Crippen molar-refractivity contribution in [1.29, 1.82) is 0 Å². The van der Waals surface area contributed by atoms with Crippen LogP contribution >= 0.6 is 62.4 Å². The third-order valence-electron chi connectivity index (χ3n) is 18.8. The molecule has 480 valence electrons. The topological polar surface area (TPSA) is 0 Å². The SMILES string of the molecule is CCCCCCP(Br)(CCCCCC)(CCCCCC)CCCCCC.CCCCCCP(Br)(CCCCCC)(CCCCCC)CCCCCC.CCCCCCP(Br)(CCCCCC)(CCCCCC)CCCCCC. The van der Waals surface area contributed by atoms with E-state index in [1.54, 1.807) is 0 Å². The van der Waals surface area contributed by atoms with Crippen molar-refractivity contribution in [2.45, 2.75) is 391 Å². The van der Waals surface area contributed by atoms with E-state index in [9.17, 15) is 0 Å². The van der Waals surface area contributed by atoms with Crippen LogP contribution in [-0.4, -0.2) is 73.9 Å². The maximum atomic E-state index is 4.63. The molecule has 0 rings (SSSR count). The number of rotatable bonds is 60. The molecule has 0 spiro atoms. The van der Waals surface area contributed by atoms with Gasteiger partial charge in [0, 0.05) is 0 Å². The van der Waals surface area contributed by atoms with Gasteiger partial charge in [-0.15, -0.1) is 0 Å². The minimum absolute atomic E-state index is 1.36. The van der Waals surface area contributed by atoms with Gasteiger partial charge in [0.05, 0.1) is 0 Å². The van der Waals surface area contributed by atoms with Crippen molar-refractivity contribution in [1.82, 2.24) is 0 Å². The second-order valence-electron chi connectivity index (χ2n) is 26.9. The van der Waals surface area contributed by atoms with Gasteiger partial charge in [-0.1, -0.05) is 0 Å². The van der Waals surface area contributed by atoms with E-state index in [0.717, 1.165) is 0 Å². The minimum atomic E-state index is -1.67. The zero-order chi connectivity index (χ0) is 58.8. The first kappa shape index (κ1) is 84.9. The van der Waals surface area contributed by atoms with E-state index < -0.39 is 15.9 Å². The molecule has 0 atom stereocenters. The second kappa shape index (κ2) is 57.5. The Morgan fingerprint density at radius 3 is 0.269 bits per heavy atom. The fourth-order valence-electron chi connectivity index (χ4n) is 13.2. The summed E-state index contributed by atoms with van der Waals surface area (Å²) >= 11 is 13.9. The first-order chi connectivity index (χ1) is 37.6. The number of unbranched alkanes of at least 4 members (excludes halogenated alkanes) is 36. The number of hydrogen-bond acceptors (Lipinski definition) is 0. The molecule has 0 unspecified atom stereocenters. The summed E-state index contributed by atoms with van der Waals surface area (Å²) < 4.78 is 0. The van der Waals surface area contributed by atoms with E-state index in [2.05, 4.69) is 130 Å². The Hall–Kier alpha value is 2.73. The summed E-state index contributed by atoms with van der Waals surface area (Å²) in [6, 6.07) is 0. The Labute approximate surface area is 523 Å². The van der Waals surface area contributed by atoms with Crippen molar-refractivity contribution in [3.05, 3.63) is 0 Å². The molecule has 0 aromatic rings. The first-order valence-electron chi connectivity index (χ1n) is 36.8. The Morgan fingerprint density at radius 2 is 0.205 bits per heavy atom. The van der Waals surface area contributed by atoms with Crippen LogP contribution in [0.4, 0.5) is 0 Å². The molecule has 0 aromatic heterocycles. The molecule has 0 amide bonds. The number of hydrogen-bond donors (Lipinski definition) is 0. The van der Waals surface area contributed by atoms with Gasteiger partial charge in [0.15, 0.2) is 0 Å². The van der Waals surface area contributed by atoms with E-state index >= 15 is 0 Å². The molecule has 0 N–H and O–H groups in total. The van der Waals surface area contributed by atoms with Crippen molar-refractivity contribution in [2.75, 3.05) is 73.9 Å². The zero-order valence-corrected chi connectivity index (χ0v) is 64.3. The summed E-state index contributed by atoms with van der Waals surface area (Å²) in [6.45, 7) is 28.1. The Morgan fingerprint density at radius 1 is 0.128 bits per heavy atom. The van der Waals surface area contributed by atoms with Crippen LogP contribution in [-0.2, 0) is 0 Å². The molecular weight excluding hydrogens is 1200 g/mol. The third kappa shape index (κ3) is 48.8. The molecule has 0 saturated heterocycles. The van der Waals surface area contributed by atoms with Crippen LogP contribution in [0, 0.1) is 0 Å². The van der Waals surface area contributed by atoms with Gasteiger partial charge in [-0.05, 0) is 0 Å². The van der Waals surface area contributed by atoms with E-state index in [-0.39, 0.29) is 0 Å². The molecule has 0 aromatic carbocycles. The second-order valence-corrected chi connectivity index (χ2v) is 61.2. The van der Waals surface area contributed by atoms with Gasteiger partial charge in [0.1, 0.15) is 0 Å². The van der Waals surface area contributed by atoms with Crippen LogP contribution in [0.3, 0.4) is 0 Å². The summed E-state index contributed by atoms with van der Waals surface area (Å²) in [5, 5.41) is -5.02. The van der Waals surface area contributed by atoms with Crippen molar-refractivity contribution >= 4 is 62.4 Å². The van der Waals surface area contributed by atoms with Crippen LogP contribution in [0.5, 0.6) is 0 Å². The Balaban J connectivity index is -0.00000108. The van der Waals surface area contributed by atoms with Crippen LogP contribution in [0.1, 0.15) is 391 Å². The summed E-state index contributed by atoms with van der Waals surface area (Å²) in [5.74, 6) is 0. The van der Waals surface area contributed by atoms with Crippen molar-refractivity contribution in [2.24, 2.45) is 0 Å². The fraction of sp³-hybridized carbons (Fsp3) is 1.00. The molecule has 0 bridgehead atoms.